The molecule has 0 aliphatic rings. The minimum Gasteiger partial charge on any atom is -0.491 e. The van der Waals surface area contributed by atoms with Crippen molar-refractivity contribution in [1.82, 2.24) is 5.32 Å². The highest BCUT2D eigenvalue weighted by Crippen LogP contribution is 2.20. The quantitative estimate of drug-likeness (QED) is 0.696. The average molecular weight is 293 g/mol. The van der Waals surface area contributed by atoms with Crippen molar-refractivity contribution in [3.63, 3.8) is 0 Å². The molecule has 0 aliphatic carbocycles. The maximum Gasteiger partial charge on any atom is 0.119 e. The van der Waals surface area contributed by atoms with Crippen LogP contribution >= 0.6 is 0 Å². The Morgan fingerprint density at radius 1 is 1.05 bits per heavy atom. The fraction of sp³-hybridized carbons (Fsp3) is 0.667. The Balaban J connectivity index is 2.62. The van der Waals surface area contributed by atoms with Crippen LogP contribution in [0.25, 0.3) is 0 Å². The van der Waals surface area contributed by atoms with E-state index in [1.807, 2.05) is 26.0 Å². The van der Waals surface area contributed by atoms with Crippen LogP contribution in [0, 0.1) is 0 Å². The summed E-state index contributed by atoms with van der Waals surface area (Å²) in [6.45, 7) is 12.2. The molecule has 1 aromatic carbocycles. The lowest BCUT2D eigenvalue weighted by Crippen LogP contribution is -2.27. The summed E-state index contributed by atoms with van der Waals surface area (Å²) in [5, 5.41) is 3.49. The van der Waals surface area contributed by atoms with E-state index in [0.717, 1.165) is 25.1 Å². The van der Waals surface area contributed by atoms with Crippen molar-refractivity contribution in [2.75, 3.05) is 13.2 Å². The number of ether oxygens (including phenoxy) is 2. The van der Waals surface area contributed by atoms with Crippen molar-refractivity contribution in [2.24, 2.45) is 0 Å². The topological polar surface area (TPSA) is 30.5 Å². The van der Waals surface area contributed by atoms with E-state index in [1.165, 1.54) is 5.56 Å². The van der Waals surface area contributed by atoms with Gasteiger partial charge in [0.1, 0.15) is 5.75 Å². The maximum atomic E-state index is 5.95. The summed E-state index contributed by atoms with van der Waals surface area (Å²) in [5.41, 5.74) is 1.25. The van der Waals surface area contributed by atoms with E-state index in [2.05, 4.69) is 38.2 Å². The van der Waals surface area contributed by atoms with Gasteiger partial charge >= 0.3 is 0 Å². The standard InChI is InChI=1S/C18H31NO2/c1-6-8-15(5)20-13-18(19-7-2)16-9-11-17(12-10-16)21-14(3)4/h9-12,14-15,18-19H,6-8,13H2,1-5H3. The normalized spacial score (nSPS) is 14.2. The van der Waals surface area contributed by atoms with E-state index < -0.39 is 0 Å². The van der Waals surface area contributed by atoms with E-state index in [0.29, 0.717) is 12.7 Å². The summed E-state index contributed by atoms with van der Waals surface area (Å²) in [5.74, 6) is 0.921. The third-order valence-electron chi connectivity index (χ3n) is 3.35. The monoisotopic (exact) mass is 293 g/mol. The molecule has 0 bridgehead atoms. The summed E-state index contributed by atoms with van der Waals surface area (Å²) in [4.78, 5) is 0. The van der Waals surface area contributed by atoms with Gasteiger partial charge in [-0.15, -0.1) is 0 Å². The number of likely N-dealkylation sites (N-methyl/N-ethyl adjacent to an activating group) is 1. The molecule has 0 saturated heterocycles. The second-order valence-electron chi connectivity index (χ2n) is 5.78. The molecule has 1 rings (SSSR count). The highest BCUT2D eigenvalue weighted by atomic mass is 16.5. The molecule has 1 N–H and O–H groups in total. The highest BCUT2D eigenvalue weighted by molar-refractivity contribution is 5.29. The summed E-state index contributed by atoms with van der Waals surface area (Å²) >= 11 is 0. The molecular formula is C18H31NO2. The zero-order valence-corrected chi connectivity index (χ0v) is 14.2. The SMILES string of the molecule is CCCC(C)OCC(NCC)c1ccc(OC(C)C)cc1. The van der Waals surface area contributed by atoms with Gasteiger partial charge in [-0.25, -0.2) is 0 Å². The van der Waals surface area contributed by atoms with Crippen LogP contribution in [0.1, 0.15) is 59.1 Å². The maximum absolute atomic E-state index is 5.95. The van der Waals surface area contributed by atoms with Crippen LogP contribution in [-0.4, -0.2) is 25.4 Å². The van der Waals surface area contributed by atoms with Crippen LogP contribution in [0.15, 0.2) is 24.3 Å². The van der Waals surface area contributed by atoms with Crippen LogP contribution in [0.5, 0.6) is 5.75 Å². The summed E-state index contributed by atoms with van der Waals surface area (Å²) in [6.07, 6.45) is 2.80. The highest BCUT2D eigenvalue weighted by Gasteiger charge is 2.12. The lowest BCUT2D eigenvalue weighted by molar-refractivity contribution is 0.0442. The van der Waals surface area contributed by atoms with Gasteiger partial charge < -0.3 is 14.8 Å². The van der Waals surface area contributed by atoms with E-state index in [9.17, 15) is 0 Å². The molecule has 2 atom stereocenters. The van der Waals surface area contributed by atoms with Crippen molar-refractivity contribution < 1.29 is 9.47 Å². The van der Waals surface area contributed by atoms with Gasteiger partial charge in [-0.05, 0) is 51.4 Å². The Morgan fingerprint density at radius 2 is 1.71 bits per heavy atom. The molecule has 0 fully saturated rings. The zero-order chi connectivity index (χ0) is 15.7. The smallest absolute Gasteiger partial charge is 0.119 e. The van der Waals surface area contributed by atoms with Crippen LogP contribution in [0.4, 0.5) is 0 Å². The van der Waals surface area contributed by atoms with E-state index in [1.54, 1.807) is 0 Å². The average Bonchev–Trinajstić information content (AvgIpc) is 2.44. The van der Waals surface area contributed by atoms with Crippen LogP contribution in [-0.2, 0) is 4.74 Å². The lowest BCUT2D eigenvalue weighted by atomic mass is 10.1. The van der Waals surface area contributed by atoms with Crippen LogP contribution < -0.4 is 10.1 Å². The predicted molar refractivity (Wildman–Crippen MR) is 88.9 cm³/mol. The van der Waals surface area contributed by atoms with Gasteiger partial charge in [-0.2, -0.15) is 0 Å². The van der Waals surface area contributed by atoms with Crippen molar-refractivity contribution in [3.05, 3.63) is 29.8 Å². The van der Waals surface area contributed by atoms with Gasteiger partial charge in [0.15, 0.2) is 0 Å². The molecule has 120 valence electrons. The van der Waals surface area contributed by atoms with E-state index >= 15 is 0 Å². The second-order valence-corrected chi connectivity index (χ2v) is 5.78. The van der Waals surface area contributed by atoms with Crippen LogP contribution in [0.3, 0.4) is 0 Å². The number of benzene rings is 1. The van der Waals surface area contributed by atoms with Crippen molar-refractivity contribution in [2.45, 2.75) is 65.7 Å². The number of hydrogen-bond donors (Lipinski definition) is 1. The molecule has 1 aromatic rings. The molecule has 0 heterocycles. The third kappa shape index (κ3) is 6.96. The molecule has 0 aromatic heterocycles. The Bertz CT molecular complexity index is 375. The molecule has 0 amide bonds. The first-order valence-electron chi connectivity index (χ1n) is 8.18. The van der Waals surface area contributed by atoms with Crippen molar-refractivity contribution in [3.8, 4) is 5.75 Å². The van der Waals surface area contributed by atoms with E-state index in [4.69, 9.17) is 9.47 Å². The molecule has 3 heteroatoms. The van der Waals surface area contributed by atoms with Gasteiger partial charge in [-0.1, -0.05) is 32.4 Å². The first kappa shape index (κ1) is 18.0. The molecule has 21 heavy (non-hydrogen) atoms. The fourth-order valence-electron chi connectivity index (χ4n) is 2.32. The molecule has 0 spiro atoms. The number of rotatable bonds is 10. The number of nitrogens with one attached hydrogen (secondary N) is 1. The van der Waals surface area contributed by atoms with Crippen molar-refractivity contribution >= 4 is 0 Å². The van der Waals surface area contributed by atoms with Gasteiger partial charge in [0.2, 0.25) is 0 Å². The van der Waals surface area contributed by atoms with E-state index in [-0.39, 0.29) is 12.1 Å². The fourth-order valence-corrected chi connectivity index (χ4v) is 2.32. The molecule has 0 saturated carbocycles. The second kappa shape index (κ2) is 9.80. The van der Waals surface area contributed by atoms with Gasteiger partial charge in [0.25, 0.3) is 0 Å². The van der Waals surface area contributed by atoms with Gasteiger partial charge in [0.05, 0.1) is 24.9 Å². The Morgan fingerprint density at radius 3 is 2.24 bits per heavy atom. The Hall–Kier alpha value is -1.06. The largest absolute Gasteiger partial charge is 0.491 e. The zero-order valence-electron chi connectivity index (χ0n) is 14.2. The molecule has 0 radical (unpaired) electrons. The Labute approximate surface area is 130 Å². The first-order chi connectivity index (χ1) is 10.1. The lowest BCUT2D eigenvalue weighted by Gasteiger charge is -2.21. The van der Waals surface area contributed by atoms with Gasteiger partial charge in [0, 0.05) is 0 Å². The van der Waals surface area contributed by atoms with Crippen molar-refractivity contribution in [1.29, 1.82) is 0 Å². The first-order valence-corrected chi connectivity index (χ1v) is 8.18. The van der Waals surface area contributed by atoms with Crippen LogP contribution in [0.2, 0.25) is 0 Å². The summed E-state index contributed by atoms with van der Waals surface area (Å²) < 4.78 is 11.6. The van der Waals surface area contributed by atoms with Gasteiger partial charge in [-0.3, -0.25) is 0 Å². The summed E-state index contributed by atoms with van der Waals surface area (Å²) in [7, 11) is 0. The minimum atomic E-state index is 0.207. The minimum absolute atomic E-state index is 0.207. The molecular weight excluding hydrogens is 262 g/mol. The molecule has 2 unspecified atom stereocenters. The molecule has 0 aliphatic heterocycles. The summed E-state index contributed by atoms with van der Waals surface area (Å²) in [6, 6.07) is 8.56. The number of hydrogen-bond acceptors (Lipinski definition) is 3. The predicted octanol–water partition coefficient (Wildman–Crippen LogP) is 4.33. The Kier molecular flexibility index (Phi) is 8.40. The molecule has 3 nitrogen and oxygen atoms in total. The third-order valence-corrected chi connectivity index (χ3v) is 3.35.